The predicted molar refractivity (Wildman–Crippen MR) is 92.3 cm³/mol. The van der Waals surface area contributed by atoms with Crippen molar-refractivity contribution in [1.29, 1.82) is 0 Å². The maximum atomic E-state index is 12.3. The van der Waals surface area contributed by atoms with Crippen molar-refractivity contribution < 1.29 is 9.47 Å². The summed E-state index contributed by atoms with van der Waals surface area (Å²) in [5.41, 5.74) is -0.355. The summed E-state index contributed by atoms with van der Waals surface area (Å²) < 4.78 is 13.7. The standard InChI is InChI=1S/C17H29N3O4/c1-10(2)13-12(4)14(23-8-7-19(5)6)16(24-13)20-9-11(3)15(21)18-17(20)22/h9-10,12-14,16H,7-8H2,1-6H3,(H,18,21,22)/t12?,13-,14?,16-/m1/s1. The molecule has 0 radical (unpaired) electrons. The second kappa shape index (κ2) is 7.63. The summed E-state index contributed by atoms with van der Waals surface area (Å²) in [6.07, 6.45) is 0.792. The van der Waals surface area contributed by atoms with Crippen molar-refractivity contribution in [3.05, 3.63) is 32.6 Å². The van der Waals surface area contributed by atoms with Crippen LogP contribution in [0.15, 0.2) is 15.8 Å². The average molecular weight is 339 g/mol. The van der Waals surface area contributed by atoms with E-state index in [1.807, 2.05) is 19.0 Å². The smallest absolute Gasteiger partial charge is 0.330 e. The Morgan fingerprint density at radius 2 is 2.04 bits per heavy atom. The van der Waals surface area contributed by atoms with E-state index in [4.69, 9.17) is 9.47 Å². The maximum absolute atomic E-state index is 12.3. The molecule has 2 unspecified atom stereocenters. The van der Waals surface area contributed by atoms with Gasteiger partial charge in [-0.15, -0.1) is 0 Å². The highest BCUT2D eigenvalue weighted by Gasteiger charge is 2.45. The highest BCUT2D eigenvalue weighted by molar-refractivity contribution is 5.03. The molecular formula is C17H29N3O4. The zero-order valence-electron chi connectivity index (χ0n) is 15.4. The number of rotatable bonds is 6. The van der Waals surface area contributed by atoms with Gasteiger partial charge in [-0.2, -0.15) is 0 Å². The van der Waals surface area contributed by atoms with Crippen LogP contribution in [0.2, 0.25) is 0 Å². The predicted octanol–water partition coefficient (Wildman–Crippen LogP) is 0.981. The van der Waals surface area contributed by atoms with Gasteiger partial charge in [0, 0.05) is 24.2 Å². The Balaban J connectivity index is 2.31. The van der Waals surface area contributed by atoms with Gasteiger partial charge in [0.25, 0.3) is 5.56 Å². The number of H-pyrrole nitrogens is 1. The molecule has 0 spiro atoms. The first kappa shape index (κ1) is 18.9. The van der Waals surface area contributed by atoms with Crippen LogP contribution in [0, 0.1) is 18.8 Å². The molecule has 1 aliphatic rings. The zero-order chi connectivity index (χ0) is 18.0. The van der Waals surface area contributed by atoms with E-state index in [2.05, 4.69) is 25.8 Å². The third-order valence-corrected chi connectivity index (χ3v) is 4.54. The first-order chi connectivity index (χ1) is 11.2. The van der Waals surface area contributed by atoms with Crippen molar-refractivity contribution in [3.8, 4) is 0 Å². The lowest BCUT2D eigenvalue weighted by atomic mass is 9.92. The van der Waals surface area contributed by atoms with E-state index >= 15 is 0 Å². The summed E-state index contributed by atoms with van der Waals surface area (Å²) in [7, 11) is 3.98. The molecule has 0 aliphatic carbocycles. The minimum Gasteiger partial charge on any atom is -0.372 e. The number of nitrogens with zero attached hydrogens (tertiary/aromatic N) is 2. The molecule has 7 heteroatoms. The molecule has 2 heterocycles. The molecule has 7 nitrogen and oxygen atoms in total. The Labute approximate surface area is 142 Å². The molecule has 0 saturated carbocycles. The van der Waals surface area contributed by atoms with E-state index in [1.54, 1.807) is 13.1 Å². The summed E-state index contributed by atoms with van der Waals surface area (Å²) >= 11 is 0. The van der Waals surface area contributed by atoms with Crippen LogP contribution in [0.5, 0.6) is 0 Å². The lowest BCUT2D eigenvalue weighted by Crippen LogP contribution is -2.38. The topological polar surface area (TPSA) is 76.6 Å². The van der Waals surface area contributed by atoms with Crippen molar-refractivity contribution in [3.63, 3.8) is 0 Å². The Bertz CT molecular complexity index is 665. The molecule has 0 amide bonds. The summed E-state index contributed by atoms with van der Waals surface area (Å²) in [6.45, 7) is 9.32. The molecule has 1 aromatic rings. The van der Waals surface area contributed by atoms with E-state index in [0.717, 1.165) is 6.54 Å². The number of aromatic amines is 1. The second-order valence-corrected chi connectivity index (χ2v) is 7.21. The molecule has 24 heavy (non-hydrogen) atoms. The van der Waals surface area contributed by atoms with Crippen molar-refractivity contribution in [1.82, 2.24) is 14.5 Å². The monoisotopic (exact) mass is 339 g/mol. The lowest BCUT2D eigenvalue weighted by molar-refractivity contribution is -0.0741. The molecule has 0 bridgehead atoms. The normalized spacial score (nSPS) is 27.3. The van der Waals surface area contributed by atoms with Crippen molar-refractivity contribution in [2.45, 2.75) is 46.1 Å². The Morgan fingerprint density at radius 3 is 2.62 bits per heavy atom. The number of hydrogen-bond donors (Lipinski definition) is 1. The van der Waals surface area contributed by atoms with Gasteiger partial charge in [-0.05, 0) is 26.9 Å². The highest BCUT2D eigenvalue weighted by Crippen LogP contribution is 2.38. The first-order valence-electron chi connectivity index (χ1n) is 8.46. The Kier molecular flexibility index (Phi) is 6.01. The van der Waals surface area contributed by atoms with E-state index < -0.39 is 11.9 Å². The molecule has 1 saturated heterocycles. The maximum Gasteiger partial charge on any atom is 0.330 e. The molecule has 2 rings (SSSR count). The van der Waals surface area contributed by atoms with Crippen LogP contribution < -0.4 is 11.2 Å². The molecular weight excluding hydrogens is 310 g/mol. The summed E-state index contributed by atoms with van der Waals surface area (Å²) in [5.74, 6) is 0.459. The van der Waals surface area contributed by atoms with Crippen molar-refractivity contribution >= 4 is 0 Å². The average Bonchev–Trinajstić information content (AvgIpc) is 2.80. The Morgan fingerprint density at radius 1 is 1.38 bits per heavy atom. The quantitative estimate of drug-likeness (QED) is 0.836. The van der Waals surface area contributed by atoms with E-state index in [0.29, 0.717) is 18.1 Å². The number of ether oxygens (including phenoxy) is 2. The molecule has 1 fully saturated rings. The third kappa shape index (κ3) is 3.96. The fourth-order valence-electron chi connectivity index (χ4n) is 3.18. The van der Waals surface area contributed by atoms with E-state index in [1.165, 1.54) is 4.57 Å². The van der Waals surface area contributed by atoms with Crippen LogP contribution in [0.25, 0.3) is 0 Å². The SMILES string of the molecule is Cc1cn([C@@H]2O[C@H](C(C)C)C(C)C2OCCN(C)C)c(=O)[nH]c1=O. The fourth-order valence-corrected chi connectivity index (χ4v) is 3.18. The summed E-state index contributed by atoms with van der Waals surface area (Å²) in [5, 5.41) is 0. The van der Waals surface area contributed by atoms with Gasteiger partial charge in [-0.1, -0.05) is 20.8 Å². The minimum atomic E-state index is -0.530. The van der Waals surface area contributed by atoms with Crippen LogP contribution in [-0.2, 0) is 9.47 Å². The van der Waals surface area contributed by atoms with Gasteiger partial charge in [0.15, 0.2) is 6.23 Å². The van der Waals surface area contributed by atoms with Crippen molar-refractivity contribution in [2.75, 3.05) is 27.2 Å². The van der Waals surface area contributed by atoms with Crippen LogP contribution in [0.1, 0.15) is 32.6 Å². The van der Waals surface area contributed by atoms with E-state index in [9.17, 15) is 9.59 Å². The number of aryl methyl sites for hydroxylation is 1. The summed E-state index contributed by atoms with van der Waals surface area (Å²) in [4.78, 5) is 28.3. The van der Waals surface area contributed by atoms with Gasteiger partial charge in [0.05, 0.1) is 12.7 Å². The zero-order valence-corrected chi connectivity index (χ0v) is 15.4. The number of likely N-dealkylation sites (N-methyl/N-ethyl adjacent to an activating group) is 1. The first-order valence-corrected chi connectivity index (χ1v) is 8.46. The molecule has 4 atom stereocenters. The van der Waals surface area contributed by atoms with Gasteiger partial charge >= 0.3 is 5.69 Å². The molecule has 136 valence electrons. The lowest BCUT2D eigenvalue weighted by Gasteiger charge is -2.24. The molecule has 0 aromatic carbocycles. The minimum absolute atomic E-state index is 0.00140. The second-order valence-electron chi connectivity index (χ2n) is 7.21. The van der Waals surface area contributed by atoms with Crippen LogP contribution in [-0.4, -0.2) is 53.9 Å². The van der Waals surface area contributed by atoms with Crippen molar-refractivity contribution in [2.24, 2.45) is 11.8 Å². The number of hydrogen-bond acceptors (Lipinski definition) is 5. The highest BCUT2D eigenvalue weighted by atomic mass is 16.6. The van der Waals surface area contributed by atoms with Gasteiger partial charge in [0.2, 0.25) is 0 Å². The van der Waals surface area contributed by atoms with E-state index in [-0.39, 0.29) is 23.7 Å². The van der Waals surface area contributed by atoms with Crippen LogP contribution in [0.4, 0.5) is 0 Å². The van der Waals surface area contributed by atoms with Gasteiger partial charge < -0.3 is 14.4 Å². The number of aromatic nitrogens is 2. The molecule has 1 aliphatic heterocycles. The van der Waals surface area contributed by atoms with Crippen LogP contribution in [0.3, 0.4) is 0 Å². The van der Waals surface area contributed by atoms with Gasteiger partial charge in [0.1, 0.15) is 6.10 Å². The summed E-state index contributed by atoms with van der Waals surface area (Å²) in [6, 6.07) is 0. The largest absolute Gasteiger partial charge is 0.372 e. The fraction of sp³-hybridized carbons (Fsp3) is 0.765. The van der Waals surface area contributed by atoms with Crippen LogP contribution >= 0.6 is 0 Å². The molecule has 1 aromatic heterocycles. The molecule has 1 N–H and O–H groups in total. The number of nitrogens with one attached hydrogen (secondary N) is 1. The van der Waals surface area contributed by atoms with Gasteiger partial charge in [-0.3, -0.25) is 14.3 Å². The van der Waals surface area contributed by atoms with Gasteiger partial charge in [-0.25, -0.2) is 4.79 Å². The Hall–Kier alpha value is -1.44. The third-order valence-electron chi connectivity index (χ3n) is 4.54.